The van der Waals surface area contributed by atoms with Crippen LogP contribution in [0.3, 0.4) is 0 Å². The number of halogens is 1. The number of carbonyl (C=O) groups is 1. The van der Waals surface area contributed by atoms with Gasteiger partial charge in [0.05, 0.1) is 4.92 Å². The summed E-state index contributed by atoms with van der Waals surface area (Å²) in [4.78, 5) is 23.2. The molecule has 0 unspecified atom stereocenters. The first-order valence-corrected chi connectivity index (χ1v) is 5.38. The van der Waals surface area contributed by atoms with E-state index in [1.54, 1.807) is 17.0 Å². The van der Waals surface area contributed by atoms with E-state index in [1.807, 2.05) is 0 Å². The van der Waals surface area contributed by atoms with Gasteiger partial charge >= 0.3 is 0 Å². The van der Waals surface area contributed by atoms with Gasteiger partial charge in [0.1, 0.15) is 5.69 Å². The lowest BCUT2D eigenvalue weighted by atomic mass is 10.1. The van der Waals surface area contributed by atoms with Crippen LogP contribution in [0.25, 0.3) is 0 Å². The number of nitro benzene ring substituents is 1. The second-order valence-corrected chi connectivity index (χ2v) is 4.07. The molecule has 0 aromatic heterocycles. The molecule has 7 heteroatoms. The van der Waals surface area contributed by atoms with E-state index < -0.39 is 4.92 Å². The highest BCUT2D eigenvalue weighted by molar-refractivity contribution is 5.85. The van der Waals surface area contributed by atoms with Crippen molar-refractivity contribution in [3.05, 3.63) is 33.9 Å². The Kier molecular flexibility index (Phi) is 4.49. The number of nitrogens with two attached hydrogens (primary N) is 1. The van der Waals surface area contributed by atoms with Crippen molar-refractivity contribution in [2.75, 3.05) is 12.3 Å². The Bertz CT molecular complexity index is 479. The Morgan fingerprint density at radius 3 is 2.67 bits per heavy atom. The molecule has 0 aliphatic carbocycles. The van der Waals surface area contributed by atoms with Crippen molar-refractivity contribution >= 4 is 29.7 Å². The monoisotopic (exact) mass is 271 g/mol. The summed E-state index contributed by atoms with van der Waals surface area (Å²) in [7, 11) is 0. The third kappa shape index (κ3) is 2.89. The number of benzene rings is 1. The second-order valence-electron chi connectivity index (χ2n) is 4.07. The maximum absolute atomic E-state index is 11.4. The third-order valence-corrected chi connectivity index (χ3v) is 2.83. The van der Waals surface area contributed by atoms with Crippen LogP contribution in [-0.4, -0.2) is 22.3 Å². The van der Waals surface area contributed by atoms with Crippen LogP contribution in [0.5, 0.6) is 0 Å². The van der Waals surface area contributed by atoms with Crippen LogP contribution in [0, 0.1) is 10.1 Å². The van der Waals surface area contributed by atoms with Gasteiger partial charge in [-0.2, -0.15) is 0 Å². The van der Waals surface area contributed by atoms with Gasteiger partial charge in [-0.25, -0.2) is 0 Å². The summed E-state index contributed by atoms with van der Waals surface area (Å²) in [6.07, 6.45) is 1.46. The number of likely N-dealkylation sites (tertiary alicyclic amines) is 1. The number of anilines is 1. The molecule has 1 amide bonds. The minimum Gasteiger partial charge on any atom is -0.393 e. The molecule has 2 rings (SSSR count). The summed E-state index contributed by atoms with van der Waals surface area (Å²) in [5.41, 5.74) is 6.45. The van der Waals surface area contributed by atoms with Crippen LogP contribution in [0.2, 0.25) is 0 Å². The van der Waals surface area contributed by atoms with Gasteiger partial charge in [0.15, 0.2) is 0 Å². The lowest BCUT2D eigenvalue weighted by Gasteiger charge is -2.15. The molecule has 0 spiro atoms. The Labute approximate surface area is 110 Å². The molecule has 1 aliphatic rings. The summed E-state index contributed by atoms with van der Waals surface area (Å²) in [6.45, 7) is 1.22. The summed E-state index contributed by atoms with van der Waals surface area (Å²) >= 11 is 0. The molecule has 0 atom stereocenters. The molecule has 98 valence electrons. The number of rotatable bonds is 3. The lowest BCUT2D eigenvalue weighted by Crippen LogP contribution is -2.23. The number of hydrogen-bond donors (Lipinski definition) is 1. The SMILES string of the molecule is Cl.Nc1cc(CN2CCCC2=O)ccc1[N+](=O)[O-]. The molecule has 1 aliphatic heterocycles. The number of nitro groups is 1. The first kappa shape index (κ1) is 14.2. The second kappa shape index (κ2) is 5.68. The van der Waals surface area contributed by atoms with Gasteiger partial charge in [0.25, 0.3) is 5.69 Å². The molecular formula is C11H14ClN3O3. The van der Waals surface area contributed by atoms with Gasteiger partial charge in [-0.3, -0.25) is 14.9 Å². The van der Waals surface area contributed by atoms with E-state index in [2.05, 4.69) is 0 Å². The topological polar surface area (TPSA) is 89.5 Å². The summed E-state index contributed by atoms with van der Waals surface area (Å²) in [6, 6.07) is 4.58. The fraction of sp³-hybridized carbons (Fsp3) is 0.364. The molecule has 2 N–H and O–H groups in total. The van der Waals surface area contributed by atoms with E-state index in [0.717, 1.165) is 18.5 Å². The molecule has 1 aromatic rings. The third-order valence-electron chi connectivity index (χ3n) is 2.83. The number of hydrogen-bond acceptors (Lipinski definition) is 4. The van der Waals surface area contributed by atoms with E-state index in [0.29, 0.717) is 13.0 Å². The maximum Gasteiger partial charge on any atom is 0.292 e. The maximum atomic E-state index is 11.4. The van der Waals surface area contributed by atoms with Crippen LogP contribution in [0.4, 0.5) is 11.4 Å². The van der Waals surface area contributed by atoms with Crippen LogP contribution in [-0.2, 0) is 11.3 Å². The number of carbonyl (C=O) groups excluding carboxylic acids is 1. The molecular weight excluding hydrogens is 258 g/mol. The largest absolute Gasteiger partial charge is 0.393 e. The molecule has 1 fully saturated rings. The zero-order valence-electron chi connectivity index (χ0n) is 9.67. The lowest BCUT2D eigenvalue weighted by molar-refractivity contribution is -0.383. The van der Waals surface area contributed by atoms with Crippen LogP contribution >= 0.6 is 12.4 Å². The van der Waals surface area contributed by atoms with Crippen LogP contribution < -0.4 is 5.73 Å². The van der Waals surface area contributed by atoms with Crippen molar-refractivity contribution in [1.82, 2.24) is 4.90 Å². The van der Waals surface area contributed by atoms with Gasteiger partial charge in [-0.05, 0) is 18.1 Å². The van der Waals surface area contributed by atoms with E-state index in [4.69, 9.17) is 5.73 Å². The predicted molar refractivity (Wildman–Crippen MR) is 69.4 cm³/mol. The minimum atomic E-state index is -0.514. The first-order chi connectivity index (χ1) is 8.08. The number of amides is 1. The minimum absolute atomic E-state index is 0. The fourth-order valence-corrected chi connectivity index (χ4v) is 1.96. The molecule has 1 heterocycles. The summed E-state index contributed by atoms with van der Waals surface area (Å²) in [5.74, 6) is 0.127. The quantitative estimate of drug-likeness (QED) is 0.515. The van der Waals surface area contributed by atoms with Gasteiger partial charge in [-0.15, -0.1) is 12.4 Å². The predicted octanol–water partition coefficient (Wildman–Crippen LogP) is 1.72. The standard InChI is InChI=1S/C11H13N3O3.ClH/c12-9-6-8(3-4-10(9)14(16)17)7-13-5-1-2-11(13)15;/h3-4,6H,1-2,5,7,12H2;1H. The summed E-state index contributed by atoms with van der Waals surface area (Å²) in [5, 5.41) is 10.6. The van der Waals surface area contributed by atoms with Gasteiger partial charge in [-0.1, -0.05) is 6.07 Å². The van der Waals surface area contributed by atoms with E-state index in [1.165, 1.54) is 6.07 Å². The fourth-order valence-electron chi connectivity index (χ4n) is 1.96. The highest BCUT2D eigenvalue weighted by atomic mass is 35.5. The Balaban J connectivity index is 0.00000162. The first-order valence-electron chi connectivity index (χ1n) is 5.38. The molecule has 1 aromatic carbocycles. The number of nitrogens with zero attached hydrogens (tertiary/aromatic N) is 2. The molecule has 0 radical (unpaired) electrons. The van der Waals surface area contributed by atoms with Crippen LogP contribution in [0.1, 0.15) is 18.4 Å². The zero-order valence-corrected chi connectivity index (χ0v) is 10.5. The van der Waals surface area contributed by atoms with Crippen molar-refractivity contribution < 1.29 is 9.72 Å². The smallest absolute Gasteiger partial charge is 0.292 e. The molecule has 0 bridgehead atoms. The zero-order chi connectivity index (χ0) is 12.4. The Morgan fingerprint density at radius 1 is 1.44 bits per heavy atom. The normalized spacial score (nSPS) is 14.4. The van der Waals surface area contributed by atoms with Gasteiger partial charge in [0, 0.05) is 25.6 Å². The van der Waals surface area contributed by atoms with Crippen molar-refractivity contribution in [1.29, 1.82) is 0 Å². The molecule has 6 nitrogen and oxygen atoms in total. The van der Waals surface area contributed by atoms with Crippen LogP contribution in [0.15, 0.2) is 18.2 Å². The van der Waals surface area contributed by atoms with Crippen molar-refractivity contribution in [3.63, 3.8) is 0 Å². The molecule has 1 saturated heterocycles. The Morgan fingerprint density at radius 2 is 2.17 bits per heavy atom. The average molecular weight is 272 g/mol. The van der Waals surface area contributed by atoms with Crippen molar-refractivity contribution in [2.24, 2.45) is 0 Å². The number of nitrogen functional groups attached to an aromatic ring is 1. The van der Waals surface area contributed by atoms with E-state index in [9.17, 15) is 14.9 Å². The van der Waals surface area contributed by atoms with E-state index >= 15 is 0 Å². The highest BCUT2D eigenvalue weighted by Crippen LogP contribution is 2.23. The van der Waals surface area contributed by atoms with E-state index in [-0.39, 0.29) is 29.7 Å². The van der Waals surface area contributed by atoms with Crippen molar-refractivity contribution in [3.8, 4) is 0 Å². The highest BCUT2D eigenvalue weighted by Gasteiger charge is 2.20. The molecule has 0 saturated carbocycles. The average Bonchev–Trinajstić information content (AvgIpc) is 2.64. The molecule has 18 heavy (non-hydrogen) atoms. The van der Waals surface area contributed by atoms with Crippen molar-refractivity contribution in [2.45, 2.75) is 19.4 Å². The Hall–Kier alpha value is -1.82. The van der Waals surface area contributed by atoms with Gasteiger partial charge < -0.3 is 10.6 Å². The summed E-state index contributed by atoms with van der Waals surface area (Å²) < 4.78 is 0. The van der Waals surface area contributed by atoms with Gasteiger partial charge in [0.2, 0.25) is 5.91 Å².